The lowest BCUT2D eigenvalue weighted by Gasteiger charge is -2.16. The Morgan fingerprint density at radius 3 is 2.33 bits per heavy atom. The quantitative estimate of drug-likeness (QED) is 0.881. The first-order chi connectivity index (χ1) is 8.49. The third-order valence-electron chi connectivity index (χ3n) is 2.46. The molecular weight excluding hydrogens is 244 g/mol. The van der Waals surface area contributed by atoms with Gasteiger partial charge in [-0.15, -0.1) is 0 Å². The van der Waals surface area contributed by atoms with Crippen LogP contribution >= 0.6 is 0 Å². The molecule has 0 spiro atoms. The first kappa shape index (κ1) is 14.2. The molecule has 0 aliphatic rings. The highest BCUT2D eigenvalue weighted by atomic mass is 19.3. The first-order valence-corrected chi connectivity index (χ1v) is 5.30. The highest BCUT2D eigenvalue weighted by molar-refractivity contribution is 5.79. The Morgan fingerprint density at radius 1 is 1.22 bits per heavy atom. The van der Waals surface area contributed by atoms with Crippen LogP contribution in [-0.2, 0) is 4.79 Å². The van der Waals surface area contributed by atoms with Gasteiger partial charge < -0.3 is 14.8 Å². The van der Waals surface area contributed by atoms with Crippen molar-refractivity contribution < 1.29 is 23.0 Å². The topological polar surface area (TPSA) is 47.6 Å². The van der Waals surface area contributed by atoms with Gasteiger partial charge in [-0.2, -0.15) is 8.78 Å². The second-order valence-corrected chi connectivity index (χ2v) is 3.65. The number of carbonyl (C=O) groups excluding carboxylic acids is 1. The monoisotopic (exact) mass is 259 g/mol. The summed E-state index contributed by atoms with van der Waals surface area (Å²) in [5, 5.41) is 2.20. The number of nitrogens with one attached hydrogen (secondary N) is 1. The number of halogens is 2. The van der Waals surface area contributed by atoms with Gasteiger partial charge in [0.1, 0.15) is 0 Å². The van der Waals surface area contributed by atoms with Crippen molar-refractivity contribution in [2.75, 3.05) is 14.2 Å². The lowest BCUT2D eigenvalue weighted by molar-refractivity contribution is -0.132. The molecule has 0 radical (unpaired) electrons. The molecule has 1 aromatic carbocycles. The summed E-state index contributed by atoms with van der Waals surface area (Å²) >= 11 is 0. The number of amides is 1. The van der Waals surface area contributed by atoms with Crippen molar-refractivity contribution in [1.82, 2.24) is 5.32 Å². The van der Waals surface area contributed by atoms with Crippen LogP contribution in [0.2, 0.25) is 0 Å². The van der Waals surface area contributed by atoms with Crippen molar-refractivity contribution in [3.63, 3.8) is 0 Å². The fourth-order valence-electron chi connectivity index (χ4n) is 1.48. The number of carbonyl (C=O) groups is 1. The number of hydrogen-bond acceptors (Lipinski definition) is 3. The second-order valence-electron chi connectivity index (χ2n) is 3.65. The summed E-state index contributed by atoms with van der Waals surface area (Å²) in [6.07, 6.45) is -3.02. The maximum absolute atomic E-state index is 12.1. The normalized spacial score (nSPS) is 12.1. The van der Waals surface area contributed by atoms with Gasteiger partial charge in [-0.3, -0.25) is 4.79 Å². The van der Waals surface area contributed by atoms with Crippen LogP contribution in [-0.4, -0.2) is 26.6 Å². The van der Waals surface area contributed by atoms with Crippen LogP contribution < -0.4 is 14.8 Å². The number of hydrogen-bond donors (Lipinski definition) is 1. The number of ether oxygens (including phenoxy) is 2. The maximum atomic E-state index is 12.1. The Morgan fingerprint density at radius 2 is 1.83 bits per heavy atom. The van der Waals surface area contributed by atoms with Gasteiger partial charge >= 0.3 is 6.43 Å². The minimum Gasteiger partial charge on any atom is -0.493 e. The predicted molar refractivity (Wildman–Crippen MR) is 62.1 cm³/mol. The van der Waals surface area contributed by atoms with Crippen LogP contribution in [0.3, 0.4) is 0 Å². The molecule has 0 aliphatic carbocycles. The van der Waals surface area contributed by atoms with E-state index in [1.165, 1.54) is 14.2 Å². The van der Waals surface area contributed by atoms with Crippen molar-refractivity contribution in [2.45, 2.75) is 19.4 Å². The van der Waals surface area contributed by atoms with E-state index in [2.05, 4.69) is 5.32 Å². The molecule has 1 aromatic rings. The zero-order valence-corrected chi connectivity index (χ0v) is 10.4. The molecule has 0 bridgehead atoms. The van der Waals surface area contributed by atoms with E-state index < -0.39 is 18.4 Å². The lowest BCUT2D eigenvalue weighted by Crippen LogP contribution is -2.31. The van der Waals surface area contributed by atoms with E-state index in [-0.39, 0.29) is 0 Å². The molecule has 0 fully saturated rings. The van der Waals surface area contributed by atoms with Gasteiger partial charge in [0.05, 0.1) is 20.3 Å². The Hall–Kier alpha value is -1.85. The summed E-state index contributed by atoms with van der Waals surface area (Å²) < 4.78 is 34.4. The molecule has 6 heteroatoms. The van der Waals surface area contributed by atoms with Gasteiger partial charge in [-0.25, -0.2) is 0 Å². The van der Waals surface area contributed by atoms with Gasteiger partial charge in [0.2, 0.25) is 0 Å². The lowest BCUT2D eigenvalue weighted by atomic mass is 10.1. The Kier molecular flexibility index (Phi) is 4.88. The smallest absolute Gasteiger partial charge is 0.315 e. The molecule has 1 amide bonds. The third kappa shape index (κ3) is 3.32. The van der Waals surface area contributed by atoms with E-state index in [9.17, 15) is 13.6 Å². The van der Waals surface area contributed by atoms with Crippen LogP contribution in [0.1, 0.15) is 18.5 Å². The molecule has 18 heavy (non-hydrogen) atoms. The maximum Gasteiger partial charge on any atom is 0.315 e. The van der Waals surface area contributed by atoms with Crippen molar-refractivity contribution in [1.29, 1.82) is 0 Å². The highest BCUT2D eigenvalue weighted by Gasteiger charge is 2.19. The number of rotatable bonds is 5. The van der Waals surface area contributed by atoms with Crippen LogP contribution in [0.25, 0.3) is 0 Å². The van der Waals surface area contributed by atoms with E-state index in [1.807, 2.05) is 0 Å². The van der Waals surface area contributed by atoms with Crippen LogP contribution in [0.5, 0.6) is 11.5 Å². The average molecular weight is 259 g/mol. The molecular formula is C12H15F2NO3. The average Bonchev–Trinajstić information content (AvgIpc) is 2.37. The zero-order chi connectivity index (χ0) is 13.7. The van der Waals surface area contributed by atoms with Gasteiger partial charge in [0, 0.05) is 0 Å². The molecule has 4 nitrogen and oxygen atoms in total. The summed E-state index contributed by atoms with van der Waals surface area (Å²) in [4.78, 5) is 10.9. The molecule has 1 rings (SSSR count). The van der Waals surface area contributed by atoms with Crippen molar-refractivity contribution in [3.05, 3.63) is 23.8 Å². The number of methoxy groups -OCH3 is 2. The molecule has 1 N–H and O–H groups in total. The Balaban J connectivity index is 2.86. The molecule has 0 heterocycles. The van der Waals surface area contributed by atoms with Crippen molar-refractivity contribution in [3.8, 4) is 11.5 Å². The molecule has 1 atom stereocenters. The summed E-state index contributed by atoms with van der Waals surface area (Å²) in [5.41, 5.74) is 0.654. The zero-order valence-electron chi connectivity index (χ0n) is 10.4. The predicted octanol–water partition coefficient (Wildman–Crippen LogP) is 2.15. The molecule has 100 valence electrons. The third-order valence-corrected chi connectivity index (χ3v) is 2.46. The largest absolute Gasteiger partial charge is 0.493 e. The summed E-state index contributed by atoms with van der Waals surface area (Å²) in [5.74, 6) is -0.279. The fourth-order valence-corrected chi connectivity index (χ4v) is 1.48. The van der Waals surface area contributed by atoms with Crippen molar-refractivity contribution in [2.24, 2.45) is 0 Å². The number of alkyl halides is 2. The van der Waals surface area contributed by atoms with Crippen molar-refractivity contribution >= 4 is 5.91 Å². The summed E-state index contributed by atoms with van der Waals surface area (Å²) in [6.45, 7) is 1.61. The van der Waals surface area contributed by atoms with E-state index in [4.69, 9.17) is 9.47 Å². The van der Waals surface area contributed by atoms with E-state index in [0.29, 0.717) is 17.1 Å². The molecule has 0 saturated heterocycles. The second kappa shape index (κ2) is 6.18. The van der Waals surface area contributed by atoms with E-state index in [0.717, 1.165) is 0 Å². The first-order valence-electron chi connectivity index (χ1n) is 5.30. The number of benzene rings is 1. The molecule has 0 aromatic heterocycles. The summed E-state index contributed by atoms with van der Waals surface area (Å²) in [6, 6.07) is 4.43. The Labute approximate surface area is 104 Å². The fraction of sp³-hybridized carbons (Fsp3) is 0.417. The minimum atomic E-state index is -3.02. The minimum absolute atomic E-state index is 0.480. The van der Waals surface area contributed by atoms with Crippen LogP contribution in [0.4, 0.5) is 8.78 Å². The van der Waals surface area contributed by atoms with Crippen LogP contribution in [0, 0.1) is 0 Å². The van der Waals surface area contributed by atoms with Gasteiger partial charge in [-0.1, -0.05) is 6.07 Å². The summed E-state index contributed by atoms with van der Waals surface area (Å²) in [7, 11) is 2.98. The molecule has 1 unspecified atom stereocenters. The highest BCUT2D eigenvalue weighted by Crippen LogP contribution is 2.29. The van der Waals surface area contributed by atoms with Gasteiger partial charge in [0.15, 0.2) is 11.5 Å². The molecule has 0 saturated carbocycles. The van der Waals surface area contributed by atoms with Crippen LogP contribution in [0.15, 0.2) is 18.2 Å². The standard InChI is InChI=1S/C12H15F2NO3/c1-7(15-12(16)11(13)14)8-4-5-9(17-2)10(6-8)18-3/h4-7,11H,1-3H3,(H,15,16). The van der Waals surface area contributed by atoms with Gasteiger partial charge in [0.25, 0.3) is 5.91 Å². The Bertz CT molecular complexity index is 424. The SMILES string of the molecule is COc1ccc(C(C)NC(=O)C(F)F)cc1OC. The van der Waals surface area contributed by atoms with E-state index >= 15 is 0 Å². The van der Waals surface area contributed by atoms with E-state index in [1.54, 1.807) is 25.1 Å². The van der Waals surface area contributed by atoms with Gasteiger partial charge in [-0.05, 0) is 24.6 Å². The molecule has 0 aliphatic heterocycles.